The third-order valence-corrected chi connectivity index (χ3v) is 5.36. The van der Waals surface area contributed by atoms with Gasteiger partial charge in [0.2, 0.25) is 5.91 Å². The normalized spacial score (nSPS) is 22.2. The lowest BCUT2D eigenvalue weighted by Gasteiger charge is -2.21. The van der Waals surface area contributed by atoms with E-state index in [0.29, 0.717) is 10.2 Å². The highest BCUT2D eigenvalue weighted by Crippen LogP contribution is 2.38. The fourth-order valence-corrected chi connectivity index (χ4v) is 3.61. The van der Waals surface area contributed by atoms with E-state index in [0.717, 1.165) is 18.6 Å². The van der Waals surface area contributed by atoms with E-state index in [4.69, 9.17) is 5.11 Å². The Labute approximate surface area is 124 Å². The van der Waals surface area contributed by atoms with Crippen LogP contribution < -0.4 is 5.32 Å². The minimum Gasteiger partial charge on any atom is -0.478 e. The van der Waals surface area contributed by atoms with Crippen LogP contribution in [0.15, 0.2) is 22.7 Å². The molecule has 1 atom stereocenters. The number of hydrogen-bond donors (Lipinski definition) is 2. The van der Waals surface area contributed by atoms with Crippen LogP contribution in [-0.4, -0.2) is 27.5 Å². The molecular formula is C13H14BrNO3S. The topological polar surface area (TPSA) is 66.4 Å². The van der Waals surface area contributed by atoms with E-state index in [2.05, 4.69) is 21.2 Å². The summed E-state index contributed by atoms with van der Waals surface area (Å²) in [7, 11) is 0. The molecule has 0 radical (unpaired) electrons. The highest BCUT2D eigenvalue weighted by Gasteiger charge is 2.37. The SMILES string of the molecule is CC1(C(=O)Nc2ccc(Br)c(C(=O)O)c2)CCCS1. The average molecular weight is 344 g/mol. The molecule has 2 rings (SSSR count). The summed E-state index contributed by atoms with van der Waals surface area (Å²) >= 11 is 4.82. The van der Waals surface area contributed by atoms with E-state index in [1.165, 1.54) is 6.07 Å². The van der Waals surface area contributed by atoms with Gasteiger partial charge in [0.05, 0.1) is 10.3 Å². The Morgan fingerprint density at radius 2 is 2.21 bits per heavy atom. The van der Waals surface area contributed by atoms with Crippen molar-refractivity contribution in [2.75, 3.05) is 11.1 Å². The van der Waals surface area contributed by atoms with E-state index >= 15 is 0 Å². The Morgan fingerprint density at radius 1 is 1.47 bits per heavy atom. The maximum absolute atomic E-state index is 12.2. The molecule has 0 aromatic heterocycles. The minimum absolute atomic E-state index is 0.0614. The van der Waals surface area contributed by atoms with Crippen molar-refractivity contribution in [1.29, 1.82) is 0 Å². The fraction of sp³-hybridized carbons (Fsp3) is 0.385. The van der Waals surface area contributed by atoms with Gasteiger partial charge in [-0.2, -0.15) is 0 Å². The lowest BCUT2D eigenvalue weighted by Crippen LogP contribution is -2.34. The van der Waals surface area contributed by atoms with Crippen LogP contribution in [0.3, 0.4) is 0 Å². The van der Waals surface area contributed by atoms with Gasteiger partial charge in [0.1, 0.15) is 0 Å². The molecule has 102 valence electrons. The molecule has 1 heterocycles. The molecule has 1 aliphatic rings. The number of hydrogen-bond acceptors (Lipinski definition) is 3. The summed E-state index contributed by atoms with van der Waals surface area (Å²) in [5.74, 6) is -0.0944. The number of thioether (sulfide) groups is 1. The molecule has 0 saturated carbocycles. The molecule has 0 spiro atoms. The summed E-state index contributed by atoms with van der Waals surface area (Å²) in [5.41, 5.74) is 0.654. The van der Waals surface area contributed by atoms with Crippen molar-refractivity contribution >= 4 is 45.3 Å². The van der Waals surface area contributed by atoms with Gasteiger partial charge in [-0.05, 0) is 59.6 Å². The average Bonchev–Trinajstić information content (AvgIpc) is 2.79. The zero-order valence-electron chi connectivity index (χ0n) is 10.4. The first kappa shape index (κ1) is 14.4. The third kappa shape index (κ3) is 3.12. The summed E-state index contributed by atoms with van der Waals surface area (Å²) in [6.07, 6.45) is 1.89. The van der Waals surface area contributed by atoms with Crippen molar-refractivity contribution in [1.82, 2.24) is 0 Å². The molecule has 1 fully saturated rings. The molecule has 0 bridgehead atoms. The van der Waals surface area contributed by atoms with E-state index < -0.39 is 10.7 Å². The Morgan fingerprint density at radius 3 is 2.79 bits per heavy atom. The Bertz CT molecular complexity index is 527. The predicted molar refractivity (Wildman–Crippen MR) is 79.8 cm³/mol. The van der Waals surface area contributed by atoms with Crippen LogP contribution in [0.5, 0.6) is 0 Å². The van der Waals surface area contributed by atoms with Gasteiger partial charge in [-0.3, -0.25) is 4.79 Å². The maximum Gasteiger partial charge on any atom is 0.336 e. The Hall–Kier alpha value is -1.01. The number of rotatable bonds is 3. The zero-order chi connectivity index (χ0) is 14.0. The van der Waals surface area contributed by atoms with Crippen molar-refractivity contribution in [3.63, 3.8) is 0 Å². The fourth-order valence-electron chi connectivity index (χ4n) is 1.99. The number of nitrogens with one attached hydrogen (secondary N) is 1. The van der Waals surface area contributed by atoms with Gasteiger partial charge >= 0.3 is 5.97 Å². The number of carbonyl (C=O) groups is 2. The summed E-state index contributed by atoms with van der Waals surface area (Å²) in [6, 6.07) is 4.79. The quantitative estimate of drug-likeness (QED) is 0.882. The number of amides is 1. The van der Waals surface area contributed by atoms with Crippen molar-refractivity contribution in [3.05, 3.63) is 28.2 Å². The molecule has 1 unspecified atom stereocenters. The van der Waals surface area contributed by atoms with Crippen molar-refractivity contribution in [3.8, 4) is 0 Å². The lowest BCUT2D eigenvalue weighted by atomic mass is 10.0. The van der Waals surface area contributed by atoms with Gasteiger partial charge in [-0.25, -0.2) is 4.79 Å². The molecule has 1 aromatic rings. The molecule has 1 amide bonds. The number of carbonyl (C=O) groups excluding carboxylic acids is 1. The second-order valence-corrected chi connectivity index (χ2v) is 7.09. The number of aromatic carboxylic acids is 1. The van der Waals surface area contributed by atoms with Gasteiger partial charge < -0.3 is 10.4 Å². The summed E-state index contributed by atoms with van der Waals surface area (Å²) in [5, 5.41) is 11.8. The monoisotopic (exact) mass is 343 g/mol. The highest BCUT2D eigenvalue weighted by atomic mass is 79.9. The standard InChI is InChI=1S/C13H14BrNO3S/c1-13(5-2-6-19-13)12(18)15-8-3-4-10(14)9(7-8)11(16)17/h3-4,7H,2,5-6H2,1H3,(H,15,18)(H,16,17). The van der Waals surface area contributed by atoms with Gasteiger partial charge in [-0.1, -0.05) is 0 Å². The summed E-state index contributed by atoms with van der Waals surface area (Å²) < 4.78 is 0.0932. The number of carboxylic acids is 1. The van der Waals surface area contributed by atoms with Crippen LogP contribution in [0, 0.1) is 0 Å². The molecule has 1 aromatic carbocycles. The predicted octanol–water partition coefficient (Wildman–Crippen LogP) is 3.37. The second-order valence-electron chi connectivity index (χ2n) is 4.64. The summed E-state index contributed by atoms with van der Waals surface area (Å²) in [4.78, 5) is 23.2. The first-order valence-corrected chi connectivity index (χ1v) is 7.68. The van der Waals surface area contributed by atoms with Gasteiger partial charge in [0.25, 0.3) is 0 Å². The molecule has 4 nitrogen and oxygen atoms in total. The molecule has 19 heavy (non-hydrogen) atoms. The number of halogens is 1. The van der Waals surface area contributed by atoms with E-state index in [-0.39, 0.29) is 11.5 Å². The largest absolute Gasteiger partial charge is 0.478 e. The first-order valence-electron chi connectivity index (χ1n) is 5.91. The first-order chi connectivity index (χ1) is 8.92. The number of benzene rings is 1. The summed E-state index contributed by atoms with van der Waals surface area (Å²) in [6.45, 7) is 1.93. The van der Waals surface area contributed by atoms with Crippen LogP contribution in [0.1, 0.15) is 30.1 Å². The third-order valence-electron chi connectivity index (χ3n) is 3.15. The van der Waals surface area contributed by atoms with Crippen LogP contribution in [-0.2, 0) is 4.79 Å². The van der Waals surface area contributed by atoms with Crippen molar-refractivity contribution < 1.29 is 14.7 Å². The molecule has 1 aliphatic heterocycles. The Balaban J connectivity index is 2.17. The molecular weight excluding hydrogens is 330 g/mol. The van der Waals surface area contributed by atoms with Gasteiger partial charge in [0, 0.05) is 10.2 Å². The Kier molecular flexibility index (Phi) is 4.20. The lowest BCUT2D eigenvalue weighted by molar-refractivity contribution is -0.118. The molecule has 6 heteroatoms. The molecule has 1 saturated heterocycles. The van der Waals surface area contributed by atoms with Crippen LogP contribution in [0.4, 0.5) is 5.69 Å². The van der Waals surface area contributed by atoms with Crippen LogP contribution in [0.2, 0.25) is 0 Å². The van der Waals surface area contributed by atoms with Crippen molar-refractivity contribution in [2.45, 2.75) is 24.5 Å². The zero-order valence-corrected chi connectivity index (χ0v) is 12.8. The highest BCUT2D eigenvalue weighted by molar-refractivity contribution is 9.10. The van der Waals surface area contributed by atoms with E-state index in [9.17, 15) is 9.59 Å². The second kappa shape index (κ2) is 5.54. The molecule has 0 aliphatic carbocycles. The maximum atomic E-state index is 12.2. The molecule has 2 N–H and O–H groups in total. The number of carboxylic acid groups (broad SMARTS) is 1. The van der Waals surface area contributed by atoms with Crippen molar-refractivity contribution in [2.24, 2.45) is 0 Å². The van der Waals surface area contributed by atoms with E-state index in [1.54, 1.807) is 23.9 Å². The minimum atomic E-state index is -1.02. The van der Waals surface area contributed by atoms with E-state index in [1.807, 2.05) is 6.92 Å². The van der Waals surface area contributed by atoms with Gasteiger partial charge in [0.15, 0.2) is 0 Å². The van der Waals surface area contributed by atoms with Crippen LogP contribution >= 0.6 is 27.7 Å². The smallest absolute Gasteiger partial charge is 0.336 e. The van der Waals surface area contributed by atoms with Crippen LogP contribution in [0.25, 0.3) is 0 Å². The van der Waals surface area contributed by atoms with Gasteiger partial charge in [-0.15, -0.1) is 11.8 Å². The number of anilines is 1.